The zero-order valence-electron chi connectivity index (χ0n) is 14.5. The number of aryl methyl sites for hydroxylation is 1. The van der Waals surface area contributed by atoms with Crippen LogP contribution in [0.4, 0.5) is 0 Å². The number of sulfonamides is 1. The monoisotopic (exact) mass is 381 g/mol. The molecule has 6 heteroatoms. The molecule has 0 aromatic heterocycles. The molecule has 0 aliphatic rings. The molecule has 0 bridgehead atoms. The predicted octanol–water partition coefficient (Wildman–Crippen LogP) is 4.50. The summed E-state index contributed by atoms with van der Waals surface area (Å²) in [6.07, 6.45) is 0. The molecule has 0 aliphatic carbocycles. The molecule has 130 valence electrons. The summed E-state index contributed by atoms with van der Waals surface area (Å²) in [4.78, 5) is 0.258. The van der Waals surface area contributed by atoms with Gasteiger partial charge in [0.1, 0.15) is 0 Å². The van der Waals surface area contributed by atoms with Crippen LogP contribution >= 0.6 is 11.6 Å². The van der Waals surface area contributed by atoms with Crippen molar-refractivity contribution in [2.24, 2.45) is 0 Å². The van der Waals surface area contributed by atoms with Crippen molar-refractivity contribution in [3.63, 3.8) is 0 Å². The smallest absolute Gasteiger partial charge is 0.207 e. The average molecular weight is 382 g/mol. The van der Waals surface area contributed by atoms with E-state index in [4.69, 9.17) is 11.6 Å². The molecule has 24 heavy (non-hydrogen) atoms. The van der Waals surface area contributed by atoms with Crippen molar-refractivity contribution >= 4 is 29.7 Å². The third-order valence-corrected chi connectivity index (χ3v) is 9.55. The zero-order chi connectivity index (χ0) is 18.0. The van der Waals surface area contributed by atoms with Crippen molar-refractivity contribution in [1.29, 1.82) is 0 Å². The van der Waals surface area contributed by atoms with Gasteiger partial charge in [-0.2, -0.15) is 0 Å². The Kier molecular flexibility index (Phi) is 5.91. The van der Waals surface area contributed by atoms with Gasteiger partial charge < -0.3 is 0 Å². The van der Waals surface area contributed by atoms with Gasteiger partial charge in [-0.3, -0.25) is 0 Å². The average Bonchev–Trinajstić information content (AvgIpc) is 2.52. The van der Waals surface area contributed by atoms with Crippen molar-refractivity contribution < 1.29 is 8.42 Å². The molecular formula is C18H24ClNO2SSi. The molecule has 0 spiro atoms. The second kappa shape index (κ2) is 7.40. The van der Waals surface area contributed by atoms with Crippen LogP contribution in [0.3, 0.4) is 0 Å². The summed E-state index contributed by atoms with van der Waals surface area (Å²) >= 11 is 6.71. The van der Waals surface area contributed by atoms with Crippen LogP contribution in [-0.4, -0.2) is 21.5 Å². The number of alkyl halides is 1. The van der Waals surface area contributed by atoms with Gasteiger partial charge in [-0.1, -0.05) is 67.7 Å². The summed E-state index contributed by atoms with van der Waals surface area (Å²) in [5, 5.41) is -0.264. The fraction of sp³-hybridized carbons (Fsp3) is 0.333. The lowest BCUT2D eigenvalue weighted by atomic mass is 10.1. The predicted molar refractivity (Wildman–Crippen MR) is 104 cm³/mol. The third-order valence-electron chi connectivity index (χ3n) is 3.89. The molecule has 2 aromatic carbocycles. The molecular weight excluding hydrogens is 358 g/mol. The lowest BCUT2D eigenvalue weighted by Gasteiger charge is -2.32. The van der Waals surface area contributed by atoms with Gasteiger partial charge in [0.25, 0.3) is 0 Å². The number of halogens is 1. The van der Waals surface area contributed by atoms with Gasteiger partial charge in [0, 0.05) is 5.00 Å². The molecule has 0 saturated heterocycles. The summed E-state index contributed by atoms with van der Waals surface area (Å²) in [6.45, 7) is 8.35. The minimum Gasteiger partial charge on any atom is -0.207 e. The van der Waals surface area contributed by atoms with E-state index in [0.29, 0.717) is 0 Å². The van der Waals surface area contributed by atoms with Crippen LogP contribution in [0.1, 0.15) is 17.2 Å². The van der Waals surface area contributed by atoms with E-state index in [0.717, 1.165) is 11.1 Å². The molecule has 3 nitrogen and oxygen atoms in total. The summed E-state index contributed by atoms with van der Waals surface area (Å²) < 4.78 is 28.4. The van der Waals surface area contributed by atoms with Crippen LogP contribution < -0.4 is 4.72 Å². The minimum absolute atomic E-state index is 0.258. The standard InChI is InChI=1S/C18H24ClNO2SSi/c1-14-10-12-16(13-11-14)23(21,22)20-17(18(19)24(2,3)4)15-8-6-5-7-9-15/h5-13,17-18,20H,1-4H3/t17-,18-/m1/s1. The third kappa shape index (κ3) is 4.69. The minimum atomic E-state index is -3.64. The fourth-order valence-corrected chi connectivity index (χ4v) is 5.33. The Bertz CT molecular complexity index is 771. The van der Waals surface area contributed by atoms with E-state index in [2.05, 4.69) is 24.4 Å². The number of hydrogen-bond donors (Lipinski definition) is 1. The molecule has 2 atom stereocenters. The second-order valence-electron chi connectivity index (χ2n) is 7.09. The molecule has 0 radical (unpaired) electrons. The number of benzene rings is 2. The first-order valence-corrected chi connectivity index (χ1v) is 13.4. The Morgan fingerprint density at radius 3 is 2.00 bits per heavy atom. The number of nitrogens with one attached hydrogen (secondary N) is 1. The second-order valence-corrected chi connectivity index (χ2v) is 15.0. The largest absolute Gasteiger partial charge is 0.241 e. The maximum Gasteiger partial charge on any atom is 0.241 e. The van der Waals surface area contributed by atoms with Crippen molar-refractivity contribution in [3.05, 3.63) is 65.7 Å². The first-order valence-electron chi connectivity index (χ1n) is 7.89. The van der Waals surface area contributed by atoms with Gasteiger partial charge in [0.05, 0.1) is 19.0 Å². The molecule has 2 aromatic rings. The molecule has 0 saturated carbocycles. The SMILES string of the molecule is Cc1ccc(S(=O)(=O)N[C@H](c2ccccc2)[C@H](Cl)[Si](C)(C)C)cc1. The van der Waals surface area contributed by atoms with Crippen LogP contribution in [0.2, 0.25) is 19.6 Å². The lowest BCUT2D eigenvalue weighted by Crippen LogP contribution is -2.45. The number of hydrogen-bond acceptors (Lipinski definition) is 2. The summed E-state index contributed by atoms with van der Waals surface area (Å²) in [5.41, 5.74) is 1.90. The quantitative estimate of drug-likeness (QED) is 0.591. The van der Waals surface area contributed by atoms with Crippen molar-refractivity contribution in [2.45, 2.75) is 42.5 Å². The Labute approximate surface area is 151 Å². The zero-order valence-corrected chi connectivity index (χ0v) is 17.0. The van der Waals surface area contributed by atoms with Crippen LogP contribution in [0.15, 0.2) is 59.5 Å². The fourth-order valence-electron chi connectivity index (χ4n) is 2.41. The van der Waals surface area contributed by atoms with E-state index in [9.17, 15) is 8.42 Å². The van der Waals surface area contributed by atoms with Gasteiger partial charge in [0.15, 0.2) is 0 Å². The Morgan fingerprint density at radius 2 is 1.50 bits per heavy atom. The van der Waals surface area contributed by atoms with Crippen molar-refractivity contribution in [3.8, 4) is 0 Å². The highest BCUT2D eigenvalue weighted by Gasteiger charge is 2.35. The highest BCUT2D eigenvalue weighted by molar-refractivity contribution is 7.89. The van der Waals surface area contributed by atoms with E-state index >= 15 is 0 Å². The molecule has 1 N–H and O–H groups in total. The molecule has 0 fully saturated rings. The Morgan fingerprint density at radius 1 is 0.958 bits per heavy atom. The first-order chi connectivity index (χ1) is 11.1. The van der Waals surface area contributed by atoms with Gasteiger partial charge >= 0.3 is 0 Å². The molecule has 0 heterocycles. The van der Waals surface area contributed by atoms with E-state index in [1.54, 1.807) is 24.3 Å². The van der Waals surface area contributed by atoms with E-state index < -0.39 is 24.1 Å². The molecule has 0 aliphatic heterocycles. The van der Waals surface area contributed by atoms with Gasteiger partial charge in [-0.15, -0.1) is 11.6 Å². The van der Waals surface area contributed by atoms with Gasteiger partial charge in [-0.25, -0.2) is 13.1 Å². The van der Waals surface area contributed by atoms with Crippen LogP contribution in [0, 0.1) is 6.92 Å². The molecule has 0 unspecified atom stereocenters. The van der Waals surface area contributed by atoms with Crippen LogP contribution in [0.25, 0.3) is 0 Å². The molecule has 2 rings (SSSR count). The van der Waals surface area contributed by atoms with E-state index in [1.165, 1.54) is 0 Å². The summed E-state index contributed by atoms with van der Waals surface area (Å²) in [5.74, 6) is 0. The number of rotatable bonds is 6. The topological polar surface area (TPSA) is 46.2 Å². The maximum atomic E-state index is 12.8. The normalized spacial score (nSPS) is 15.0. The summed E-state index contributed by atoms with van der Waals surface area (Å²) in [6, 6.07) is 15.9. The van der Waals surface area contributed by atoms with Crippen LogP contribution in [-0.2, 0) is 10.0 Å². The summed E-state index contributed by atoms with van der Waals surface area (Å²) in [7, 11) is -5.42. The van der Waals surface area contributed by atoms with E-state index in [1.807, 2.05) is 37.3 Å². The Balaban J connectivity index is 2.40. The van der Waals surface area contributed by atoms with Crippen LogP contribution in [0.5, 0.6) is 0 Å². The first kappa shape index (κ1) is 19.2. The highest BCUT2D eigenvalue weighted by atomic mass is 35.5. The van der Waals surface area contributed by atoms with Gasteiger partial charge in [0.2, 0.25) is 10.0 Å². The lowest BCUT2D eigenvalue weighted by molar-refractivity contribution is 0.562. The Hall–Kier alpha value is -1.14. The highest BCUT2D eigenvalue weighted by Crippen LogP contribution is 2.30. The van der Waals surface area contributed by atoms with Crippen molar-refractivity contribution in [2.75, 3.05) is 0 Å². The maximum absolute atomic E-state index is 12.8. The molecule has 0 amide bonds. The van der Waals surface area contributed by atoms with E-state index in [-0.39, 0.29) is 9.90 Å². The van der Waals surface area contributed by atoms with Gasteiger partial charge in [-0.05, 0) is 24.6 Å². The van der Waals surface area contributed by atoms with Crippen molar-refractivity contribution in [1.82, 2.24) is 4.72 Å².